The summed E-state index contributed by atoms with van der Waals surface area (Å²) in [4.78, 5) is 0. The Balaban J connectivity index is 1.98. The van der Waals surface area contributed by atoms with Crippen LogP contribution in [0.15, 0.2) is 24.3 Å². The fourth-order valence-corrected chi connectivity index (χ4v) is 1.74. The van der Waals surface area contributed by atoms with Crippen molar-refractivity contribution in [3.05, 3.63) is 29.8 Å². The second-order valence-electron chi connectivity index (χ2n) is 4.36. The standard InChI is InChI=1S/C12H15F2NO2/c13-12(14)5-11(12)8-2-1-3-9(4-8)15-6-10(17)7-16/h1-4,10-11,15-17H,5-7H2. The highest BCUT2D eigenvalue weighted by atomic mass is 19.3. The molecule has 2 unspecified atom stereocenters. The van der Waals surface area contributed by atoms with E-state index >= 15 is 0 Å². The first-order valence-electron chi connectivity index (χ1n) is 5.53. The number of aliphatic hydroxyl groups is 2. The van der Waals surface area contributed by atoms with Crippen molar-refractivity contribution in [2.75, 3.05) is 18.5 Å². The van der Waals surface area contributed by atoms with Crippen LogP contribution in [0.25, 0.3) is 0 Å². The Labute approximate surface area is 98.1 Å². The highest BCUT2D eigenvalue weighted by Crippen LogP contribution is 2.55. The van der Waals surface area contributed by atoms with Crippen LogP contribution in [0.1, 0.15) is 17.9 Å². The van der Waals surface area contributed by atoms with Crippen molar-refractivity contribution >= 4 is 5.69 Å². The molecule has 5 heteroatoms. The van der Waals surface area contributed by atoms with Gasteiger partial charge in [-0.25, -0.2) is 8.78 Å². The van der Waals surface area contributed by atoms with Gasteiger partial charge in [-0.15, -0.1) is 0 Å². The molecule has 0 amide bonds. The molecule has 1 saturated carbocycles. The van der Waals surface area contributed by atoms with Crippen LogP contribution < -0.4 is 5.32 Å². The zero-order valence-electron chi connectivity index (χ0n) is 9.24. The van der Waals surface area contributed by atoms with Gasteiger partial charge in [0.1, 0.15) is 0 Å². The Morgan fingerprint density at radius 2 is 2.18 bits per heavy atom. The van der Waals surface area contributed by atoms with E-state index in [2.05, 4.69) is 5.32 Å². The SMILES string of the molecule is OCC(O)CNc1cccc(C2CC2(F)F)c1. The van der Waals surface area contributed by atoms with Gasteiger partial charge in [-0.3, -0.25) is 0 Å². The highest BCUT2D eigenvalue weighted by Gasteiger charge is 2.57. The molecule has 0 spiro atoms. The van der Waals surface area contributed by atoms with E-state index in [1.807, 2.05) is 0 Å². The molecular weight excluding hydrogens is 228 g/mol. The van der Waals surface area contributed by atoms with Gasteiger partial charge in [-0.1, -0.05) is 12.1 Å². The Morgan fingerprint density at radius 3 is 2.76 bits per heavy atom. The Bertz CT molecular complexity index is 398. The number of benzene rings is 1. The van der Waals surface area contributed by atoms with Crippen LogP contribution in [-0.4, -0.2) is 35.4 Å². The molecule has 0 radical (unpaired) electrons. The summed E-state index contributed by atoms with van der Waals surface area (Å²) >= 11 is 0. The topological polar surface area (TPSA) is 52.5 Å². The Kier molecular flexibility index (Phi) is 3.31. The van der Waals surface area contributed by atoms with Gasteiger partial charge in [0.2, 0.25) is 0 Å². The summed E-state index contributed by atoms with van der Waals surface area (Å²) in [6, 6.07) is 6.79. The number of anilines is 1. The third-order valence-electron chi connectivity index (χ3n) is 2.87. The lowest BCUT2D eigenvalue weighted by atomic mass is 10.1. The molecule has 1 aromatic rings. The van der Waals surface area contributed by atoms with Gasteiger partial charge in [0.25, 0.3) is 5.92 Å². The predicted octanol–water partition coefficient (Wildman–Crippen LogP) is 1.57. The second kappa shape index (κ2) is 4.58. The number of aliphatic hydroxyl groups excluding tert-OH is 2. The van der Waals surface area contributed by atoms with E-state index in [1.165, 1.54) is 0 Å². The number of rotatable bonds is 5. The van der Waals surface area contributed by atoms with Crippen molar-refractivity contribution in [3.63, 3.8) is 0 Å². The van der Waals surface area contributed by atoms with Crippen LogP contribution in [0.5, 0.6) is 0 Å². The fraction of sp³-hybridized carbons (Fsp3) is 0.500. The lowest BCUT2D eigenvalue weighted by Gasteiger charge is -2.11. The average molecular weight is 243 g/mol. The first-order valence-corrected chi connectivity index (χ1v) is 5.53. The van der Waals surface area contributed by atoms with E-state index in [-0.39, 0.29) is 19.6 Å². The zero-order chi connectivity index (χ0) is 12.5. The van der Waals surface area contributed by atoms with Gasteiger partial charge in [0, 0.05) is 18.7 Å². The van der Waals surface area contributed by atoms with Crippen molar-refractivity contribution in [2.24, 2.45) is 0 Å². The van der Waals surface area contributed by atoms with E-state index < -0.39 is 17.9 Å². The van der Waals surface area contributed by atoms with Crippen molar-refractivity contribution in [3.8, 4) is 0 Å². The molecule has 17 heavy (non-hydrogen) atoms. The molecule has 0 bridgehead atoms. The van der Waals surface area contributed by atoms with Gasteiger partial charge >= 0.3 is 0 Å². The van der Waals surface area contributed by atoms with Crippen LogP contribution in [-0.2, 0) is 0 Å². The maximum Gasteiger partial charge on any atom is 0.255 e. The Hall–Kier alpha value is -1.20. The van der Waals surface area contributed by atoms with Crippen molar-refractivity contribution < 1.29 is 19.0 Å². The number of hydrogen-bond acceptors (Lipinski definition) is 3. The smallest absolute Gasteiger partial charge is 0.255 e. The quantitative estimate of drug-likeness (QED) is 0.736. The summed E-state index contributed by atoms with van der Waals surface area (Å²) in [6.07, 6.45) is -0.934. The molecule has 2 rings (SSSR count). The number of hydrogen-bond donors (Lipinski definition) is 3. The van der Waals surface area contributed by atoms with Crippen molar-refractivity contribution in [2.45, 2.75) is 24.4 Å². The molecule has 1 aliphatic rings. The molecule has 1 aliphatic carbocycles. The molecule has 0 aromatic heterocycles. The van der Waals surface area contributed by atoms with Gasteiger partial charge in [0.15, 0.2) is 0 Å². The monoisotopic (exact) mass is 243 g/mol. The van der Waals surface area contributed by atoms with Crippen LogP contribution in [0.4, 0.5) is 14.5 Å². The molecule has 0 heterocycles. The second-order valence-corrected chi connectivity index (χ2v) is 4.36. The minimum absolute atomic E-state index is 0.0876. The first kappa shape index (κ1) is 12.3. The molecule has 1 aromatic carbocycles. The molecule has 3 N–H and O–H groups in total. The lowest BCUT2D eigenvalue weighted by molar-refractivity contribution is 0.105. The van der Waals surface area contributed by atoms with Gasteiger partial charge < -0.3 is 15.5 Å². The van der Waals surface area contributed by atoms with E-state index in [4.69, 9.17) is 10.2 Å². The van der Waals surface area contributed by atoms with E-state index in [9.17, 15) is 8.78 Å². The molecule has 1 fully saturated rings. The molecule has 2 atom stereocenters. The lowest BCUT2D eigenvalue weighted by Crippen LogP contribution is -2.22. The summed E-state index contributed by atoms with van der Waals surface area (Å²) < 4.78 is 25.8. The fourth-order valence-electron chi connectivity index (χ4n) is 1.74. The van der Waals surface area contributed by atoms with Gasteiger partial charge in [-0.2, -0.15) is 0 Å². The van der Waals surface area contributed by atoms with Crippen molar-refractivity contribution in [1.82, 2.24) is 0 Å². The maximum absolute atomic E-state index is 12.9. The zero-order valence-corrected chi connectivity index (χ0v) is 9.24. The number of alkyl halides is 2. The molecule has 3 nitrogen and oxygen atoms in total. The van der Waals surface area contributed by atoms with E-state index in [0.717, 1.165) is 0 Å². The predicted molar refractivity (Wildman–Crippen MR) is 60.3 cm³/mol. The van der Waals surface area contributed by atoms with Gasteiger partial charge in [0.05, 0.1) is 18.6 Å². The number of nitrogens with one attached hydrogen (secondary N) is 1. The largest absolute Gasteiger partial charge is 0.394 e. The molecule has 0 saturated heterocycles. The van der Waals surface area contributed by atoms with Crippen LogP contribution >= 0.6 is 0 Å². The molecular formula is C12H15F2NO2. The Morgan fingerprint density at radius 1 is 1.47 bits per heavy atom. The third-order valence-corrected chi connectivity index (χ3v) is 2.87. The minimum Gasteiger partial charge on any atom is -0.394 e. The van der Waals surface area contributed by atoms with Crippen LogP contribution in [0.3, 0.4) is 0 Å². The van der Waals surface area contributed by atoms with E-state index in [0.29, 0.717) is 11.3 Å². The third kappa shape index (κ3) is 2.92. The summed E-state index contributed by atoms with van der Waals surface area (Å²) in [5.74, 6) is -3.24. The summed E-state index contributed by atoms with van der Waals surface area (Å²) in [6.45, 7) is -0.131. The first-order chi connectivity index (χ1) is 8.03. The normalized spacial score (nSPS) is 23.2. The van der Waals surface area contributed by atoms with Crippen molar-refractivity contribution in [1.29, 1.82) is 0 Å². The highest BCUT2D eigenvalue weighted by molar-refractivity contribution is 5.48. The minimum atomic E-state index is -2.57. The van der Waals surface area contributed by atoms with Crippen LogP contribution in [0, 0.1) is 0 Å². The number of halogens is 2. The maximum atomic E-state index is 12.9. The molecule has 94 valence electrons. The summed E-state index contributed by atoms with van der Waals surface area (Å²) in [5.41, 5.74) is 1.29. The van der Waals surface area contributed by atoms with Crippen LogP contribution in [0.2, 0.25) is 0 Å². The summed E-state index contributed by atoms with van der Waals surface area (Å²) in [7, 11) is 0. The summed E-state index contributed by atoms with van der Waals surface area (Å²) in [5, 5.41) is 20.7. The molecule has 0 aliphatic heterocycles. The van der Waals surface area contributed by atoms with E-state index in [1.54, 1.807) is 24.3 Å². The average Bonchev–Trinajstić information content (AvgIpc) is 2.96. The van der Waals surface area contributed by atoms with Gasteiger partial charge in [-0.05, 0) is 17.7 Å².